The number of carbonyl (C=O) groups excluding carboxylic acids is 2. The summed E-state index contributed by atoms with van der Waals surface area (Å²) in [6.45, 7) is -0.482. The fourth-order valence-electron chi connectivity index (χ4n) is 5.07. The van der Waals surface area contributed by atoms with Gasteiger partial charge in [0.05, 0.1) is 15.7 Å². The Bertz CT molecular complexity index is 1470. The van der Waals surface area contributed by atoms with E-state index >= 15 is 0 Å². The van der Waals surface area contributed by atoms with Crippen LogP contribution in [-0.2, 0) is 32.8 Å². The molecule has 1 saturated carbocycles. The molecule has 0 heterocycles. The molecule has 0 aromatic heterocycles. The zero-order valence-electron chi connectivity index (χ0n) is 23.7. The molecule has 0 spiro atoms. The lowest BCUT2D eigenvalue weighted by atomic mass is 10.0. The van der Waals surface area contributed by atoms with E-state index in [1.807, 2.05) is 30.3 Å². The maximum atomic E-state index is 14.3. The van der Waals surface area contributed by atoms with Crippen molar-refractivity contribution in [1.82, 2.24) is 14.5 Å². The van der Waals surface area contributed by atoms with Gasteiger partial charge in [-0.3, -0.25) is 9.59 Å². The maximum absolute atomic E-state index is 14.3. The number of nitrogens with one attached hydrogen (secondary N) is 1. The van der Waals surface area contributed by atoms with Crippen LogP contribution >= 0.6 is 23.2 Å². The predicted octanol–water partition coefficient (Wildman–Crippen LogP) is 5.31. The molecule has 0 radical (unpaired) electrons. The summed E-state index contributed by atoms with van der Waals surface area (Å²) < 4.78 is 29.0. The molecule has 224 valence electrons. The largest absolute Gasteiger partial charge is 0.352 e. The molecule has 1 fully saturated rings. The van der Waals surface area contributed by atoms with Crippen molar-refractivity contribution in [1.29, 1.82) is 0 Å². The van der Waals surface area contributed by atoms with Crippen LogP contribution in [0.25, 0.3) is 0 Å². The third-order valence-corrected chi connectivity index (χ3v) is 9.93. The first-order chi connectivity index (χ1) is 20.1. The Morgan fingerprint density at radius 3 is 2.10 bits per heavy atom. The first-order valence-electron chi connectivity index (χ1n) is 13.9. The summed E-state index contributed by atoms with van der Waals surface area (Å²) >= 11 is 12.5. The van der Waals surface area contributed by atoms with Crippen molar-refractivity contribution in [2.75, 3.05) is 24.9 Å². The van der Waals surface area contributed by atoms with E-state index in [1.54, 1.807) is 48.5 Å². The summed E-state index contributed by atoms with van der Waals surface area (Å²) in [4.78, 5) is 29.7. The van der Waals surface area contributed by atoms with Crippen molar-refractivity contribution < 1.29 is 18.0 Å². The van der Waals surface area contributed by atoms with Gasteiger partial charge >= 0.3 is 10.2 Å². The van der Waals surface area contributed by atoms with Gasteiger partial charge in [0.1, 0.15) is 12.6 Å². The number of rotatable bonds is 12. The van der Waals surface area contributed by atoms with Crippen LogP contribution in [0.1, 0.15) is 36.8 Å². The minimum atomic E-state index is -4.05. The van der Waals surface area contributed by atoms with E-state index < -0.39 is 28.7 Å². The summed E-state index contributed by atoms with van der Waals surface area (Å²) in [6, 6.07) is 22.1. The topological polar surface area (TPSA) is 90.0 Å². The van der Waals surface area contributed by atoms with Crippen LogP contribution in [0.4, 0.5) is 5.69 Å². The second-order valence-corrected chi connectivity index (χ2v) is 13.5. The average Bonchev–Trinajstić information content (AvgIpc) is 3.49. The van der Waals surface area contributed by atoms with Gasteiger partial charge in [-0.15, -0.1) is 0 Å². The van der Waals surface area contributed by atoms with Gasteiger partial charge in [0.2, 0.25) is 11.8 Å². The molecule has 1 aliphatic rings. The third-order valence-electron chi connectivity index (χ3n) is 7.37. The van der Waals surface area contributed by atoms with Crippen LogP contribution in [-0.4, -0.2) is 62.2 Å². The SMILES string of the molecule is CN(C)S(=O)(=O)N(CC(=O)N(Cc1ccc(Cl)c(Cl)c1)C(Cc1ccccc1)C(=O)NC1CCCC1)c1ccccc1. The molecule has 1 atom stereocenters. The average molecular weight is 632 g/mol. The Balaban J connectivity index is 1.75. The number of carbonyl (C=O) groups is 2. The molecular formula is C31H36Cl2N4O4S. The van der Waals surface area contributed by atoms with E-state index in [9.17, 15) is 18.0 Å². The summed E-state index contributed by atoms with van der Waals surface area (Å²) in [7, 11) is -1.22. The molecule has 0 aliphatic heterocycles. The van der Waals surface area contributed by atoms with E-state index in [-0.39, 0.29) is 24.9 Å². The summed E-state index contributed by atoms with van der Waals surface area (Å²) in [5.41, 5.74) is 1.87. The molecule has 8 nitrogen and oxygen atoms in total. The van der Waals surface area contributed by atoms with Gasteiger partial charge in [-0.25, -0.2) is 4.31 Å². The first kappa shape index (κ1) is 31.8. The standard InChI is InChI=1S/C31H36Cl2N4O4S/c1-35(2)42(40,41)37(26-15-7-4-8-16-26)22-30(38)36(21-24-17-18-27(32)28(33)19-24)29(20-23-11-5-3-6-12-23)31(39)34-25-13-9-10-14-25/h3-8,11-12,15-19,25,29H,9-10,13-14,20-22H2,1-2H3,(H,34,39). The molecule has 1 unspecified atom stereocenters. The predicted molar refractivity (Wildman–Crippen MR) is 168 cm³/mol. The molecule has 1 aliphatic carbocycles. The second-order valence-electron chi connectivity index (χ2n) is 10.6. The number of hydrogen-bond donors (Lipinski definition) is 1. The second kappa shape index (κ2) is 14.4. The van der Waals surface area contributed by atoms with Gasteiger partial charge in [0, 0.05) is 33.1 Å². The Morgan fingerprint density at radius 2 is 1.50 bits per heavy atom. The molecule has 3 aromatic rings. The maximum Gasteiger partial charge on any atom is 0.304 e. The summed E-state index contributed by atoms with van der Waals surface area (Å²) in [5, 5.41) is 3.84. The smallest absolute Gasteiger partial charge is 0.304 e. The number of hydrogen-bond acceptors (Lipinski definition) is 4. The van der Waals surface area contributed by atoms with Crippen LogP contribution in [0.3, 0.4) is 0 Å². The van der Waals surface area contributed by atoms with E-state index in [4.69, 9.17) is 23.2 Å². The van der Waals surface area contributed by atoms with Gasteiger partial charge in [0.25, 0.3) is 0 Å². The van der Waals surface area contributed by atoms with Gasteiger partial charge in [-0.05, 0) is 48.2 Å². The minimum absolute atomic E-state index is 0.0238. The molecule has 4 rings (SSSR count). The summed E-state index contributed by atoms with van der Waals surface area (Å²) in [5.74, 6) is -0.807. The fraction of sp³-hybridized carbons (Fsp3) is 0.355. The van der Waals surface area contributed by atoms with Crippen LogP contribution in [0, 0.1) is 0 Å². The van der Waals surface area contributed by atoms with Crippen LogP contribution in [0.5, 0.6) is 0 Å². The lowest BCUT2D eigenvalue weighted by Gasteiger charge is -2.35. The van der Waals surface area contributed by atoms with Gasteiger partial charge in [0.15, 0.2) is 0 Å². The monoisotopic (exact) mass is 630 g/mol. The third kappa shape index (κ3) is 8.04. The van der Waals surface area contributed by atoms with Crippen LogP contribution in [0.2, 0.25) is 10.0 Å². The lowest BCUT2D eigenvalue weighted by molar-refractivity contribution is -0.140. The van der Waals surface area contributed by atoms with E-state index in [0.29, 0.717) is 21.3 Å². The van der Waals surface area contributed by atoms with E-state index in [0.717, 1.165) is 39.9 Å². The molecule has 0 saturated heterocycles. The molecule has 1 N–H and O–H groups in total. The molecule has 2 amide bonds. The molecule has 42 heavy (non-hydrogen) atoms. The van der Waals surface area contributed by atoms with Crippen LogP contribution < -0.4 is 9.62 Å². The van der Waals surface area contributed by atoms with Crippen molar-refractivity contribution in [2.45, 2.75) is 50.7 Å². The quantitative estimate of drug-likeness (QED) is 0.294. The van der Waals surface area contributed by atoms with Crippen LogP contribution in [0.15, 0.2) is 78.9 Å². The Hall–Kier alpha value is -3.11. The Kier molecular flexibility index (Phi) is 10.9. The van der Waals surface area contributed by atoms with Crippen molar-refractivity contribution in [2.24, 2.45) is 0 Å². The number of amides is 2. The highest BCUT2D eigenvalue weighted by Crippen LogP contribution is 2.26. The highest BCUT2D eigenvalue weighted by molar-refractivity contribution is 7.90. The van der Waals surface area contributed by atoms with E-state index in [1.165, 1.54) is 19.0 Å². The summed E-state index contributed by atoms with van der Waals surface area (Å²) in [6.07, 6.45) is 4.09. The highest BCUT2D eigenvalue weighted by atomic mass is 35.5. The molecule has 0 bridgehead atoms. The lowest BCUT2D eigenvalue weighted by Crippen LogP contribution is -2.55. The van der Waals surface area contributed by atoms with Gasteiger partial charge in [-0.2, -0.15) is 12.7 Å². The van der Waals surface area contributed by atoms with Crippen molar-refractivity contribution in [3.05, 3.63) is 100 Å². The number of benzene rings is 3. The number of halogens is 2. The van der Waals surface area contributed by atoms with Crippen molar-refractivity contribution in [3.8, 4) is 0 Å². The van der Waals surface area contributed by atoms with Crippen molar-refractivity contribution in [3.63, 3.8) is 0 Å². The zero-order chi connectivity index (χ0) is 30.3. The fourth-order valence-corrected chi connectivity index (χ4v) is 6.44. The zero-order valence-corrected chi connectivity index (χ0v) is 26.1. The van der Waals surface area contributed by atoms with Gasteiger partial charge < -0.3 is 10.2 Å². The van der Waals surface area contributed by atoms with Gasteiger partial charge in [-0.1, -0.05) is 90.6 Å². The first-order valence-corrected chi connectivity index (χ1v) is 16.0. The molecular weight excluding hydrogens is 595 g/mol. The number of anilines is 1. The Labute approximate surface area is 258 Å². The molecule has 11 heteroatoms. The molecule has 3 aromatic carbocycles. The van der Waals surface area contributed by atoms with Crippen molar-refractivity contribution >= 4 is 50.9 Å². The van der Waals surface area contributed by atoms with E-state index in [2.05, 4.69) is 5.32 Å². The minimum Gasteiger partial charge on any atom is -0.352 e. The number of para-hydroxylation sites is 1. The Morgan fingerprint density at radius 1 is 0.881 bits per heavy atom. The number of nitrogens with zero attached hydrogens (tertiary/aromatic N) is 3. The normalized spacial score (nSPS) is 14.5. The highest BCUT2D eigenvalue weighted by Gasteiger charge is 2.35.